The minimum Gasteiger partial charge on any atom is -0.507 e. The molecule has 5 N–H and O–H groups in total. The molecule has 0 fully saturated rings. The summed E-state index contributed by atoms with van der Waals surface area (Å²) < 4.78 is 40.2. The lowest BCUT2D eigenvalue weighted by Gasteiger charge is -2.31. The molecule has 1 aliphatic rings. The van der Waals surface area contributed by atoms with E-state index in [4.69, 9.17) is 9.29 Å². The van der Waals surface area contributed by atoms with Crippen LogP contribution in [-0.4, -0.2) is 39.5 Å². The van der Waals surface area contributed by atoms with Crippen LogP contribution < -0.4 is 8.92 Å². The molecule has 9 nitrogen and oxygen atoms in total. The highest BCUT2D eigenvalue weighted by Crippen LogP contribution is 2.43. The number of phenolic OH excluding ortho intramolecular Hbond substituents is 3. The first-order chi connectivity index (χ1) is 11.6. The zero-order valence-corrected chi connectivity index (χ0v) is 13.3. The molecule has 0 aromatic heterocycles. The molecular formula is C15H14O9S. The molecule has 0 aliphatic carbocycles. The van der Waals surface area contributed by atoms with Crippen LogP contribution in [-0.2, 0) is 16.8 Å². The minimum absolute atomic E-state index is 0.0143. The van der Waals surface area contributed by atoms with Crippen LogP contribution in [0.1, 0.15) is 17.2 Å². The predicted octanol–water partition coefficient (Wildman–Crippen LogP) is 1.02. The third-order valence-electron chi connectivity index (χ3n) is 3.71. The van der Waals surface area contributed by atoms with E-state index >= 15 is 0 Å². The molecule has 2 aromatic carbocycles. The van der Waals surface area contributed by atoms with Crippen molar-refractivity contribution in [1.82, 2.24) is 0 Å². The van der Waals surface area contributed by atoms with Crippen LogP contribution in [0.4, 0.5) is 0 Å². The van der Waals surface area contributed by atoms with Crippen LogP contribution >= 0.6 is 0 Å². The van der Waals surface area contributed by atoms with Gasteiger partial charge >= 0.3 is 10.4 Å². The number of fused-ring (bicyclic) bond motifs is 1. The standard InChI is InChI=1S/C15H14O9S/c16-10-2-1-7(3-12(10)18)15-13(19)6-9-11(17)4-8(5-14(9)23-15)24-25(20,21)22/h1-5,13,15-19H,6H2,(H,20,21,22)/t13-,15+/m0/s1. The average Bonchev–Trinajstić information content (AvgIpc) is 2.49. The van der Waals surface area contributed by atoms with Gasteiger partial charge in [0.25, 0.3) is 0 Å². The number of hydrogen-bond acceptors (Lipinski definition) is 8. The quantitative estimate of drug-likeness (QED) is 0.393. The summed E-state index contributed by atoms with van der Waals surface area (Å²) >= 11 is 0. The predicted molar refractivity (Wildman–Crippen MR) is 83.1 cm³/mol. The van der Waals surface area contributed by atoms with E-state index in [-0.39, 0.29) is 35.0 Å². The molecule has 134 valence electrons. The summed E-state index contributed by atoms with van der Waals surface area (Å²) in [6.07, 6.45) is -2.03. The lowest BCUT2D eigenvalue weighted by atomic mass is 9.94. The van der Waals surface area contributed by atoms with Crippen molar-refractivity contribution in [3.05, 3.63) is 41.5 Å². The van der Waals surface area contributed by atoms with E-state index in [1.165, 1.54) is 18.2 Å². The fourth-order valence-corrected chi connectivity index (χ4v) is 2.96. The van der Waals surface area contributed by atoms with Crippen molar-refractivity contribution in [2.24, 2.45) is 0 Å². The number of aliphatic hydroxyl groups excluding tert-OH is 1. The summed E-state index contributed by atoms with van der Waals surface area (Å²) in [5.41, 5.74) is 0.587. The van der Waals surface area contributed by atoms with Gasteiger partial charge in [0.05, 0.1) is 6.10 Å². The molecule has 1 heterocycles. The average molecular weight is 370 g/mol. The first-order valence-electron chi connectivity index (χ1n) is 7.03. The fourth-order valence-electron chi connectivity index (χ4n) is 2.63. The van der Waals surface area contributed by atoms with Gasteiger partial charge in [-0.25, -0.2) is 0 Å². The molecule has 1 aliphatic heterocycles. The summed E-state index contributed by atoms with van der Waals surface area (Å²) in [5.74, 6) is -1.44. The van der Waals surface area contributed by atoms with Crippen molar-refractivity contribution in [2.75, 3.05) is 0 Å². The highest BCUT2D eigenvalue weighted by molar-refractivity contribution is 7.81. The summed E-state index contributed by atoms with van der Waals surface area (Å²) in [5, 5.41) is 39.2. The van der Waals surface area contributed by atoms with Gasteiger partial charge in [-0.05, 0) is 17.7 Å². The second kappa shape index (κ2) is 5.99. The second-order valence-corrected chi connectivity index (χ2v) is 6.51. The molecule has 0 amide bonds. The zero-order valence-electron chi connectivity index (χ0n) is 12.5. The highest BCUT2D eigenvalue weighted by Gasteiger charge is 2.32. The number of benzene rings is 2. The lowest BCUT2D eigenvalue weighted by Crippen LogP contribution is -2.30. The molecule has 25 heavy (non-hydrogen) atoms. The van der Waals surface area contributed by atoms with Crippen LogP contribution in [0.2, 0.25) is 0 Å². The fraction of sp³-hybridized carbons (Fsp3) is 0.200. The van der Waals surface area contributed by atoms with Gasteiger partial charge in [0.15, 0.2) is 17.2 Å². The van der Waals surface area contributed by atoms with Gasteiger partial charge in [0, 0.05) is 24.1 Å². The first-order valence-corrected chi connectivity index (χ1v) is 8.40. The van der Waals surface area contributed by atoms with E-state index in [9.17, 15) is 28.8 Å². The Morgan fingerprint density at radius 1 is 1.04 bits per heavy atom. The molecular weight excluding hydrogens is 356 g/mol. The van der Waals surface area contributed by atoms with Gasteiger partial charge in [-0.3, -0.25) is 4.55 Å². The van der Waals surface area contributed by atoms with E-state index in [1.54, 1.807) is 0 Å². The molecule has 0 saturated heterocycles. The smallest absolute Gasteiger partial charge is 0.446 e. The van der Waals surface area contributed by atoms with E-state index < -0.39 is 28.4 Å². The largest absolute Gasteiger partial charge is 0.507 e. The molecule has 0 bridgehead atoms. The molecule has 0 saturated carbocycles. The summed E-state index contributed by atoms with van der Waals surface area (Å²) in [4.78, 5) is 0. The van der Waals surface area contributed by atoms with Crippen molar-refractivity contribution >= 4 is 10.4 Å². The van der Waals surface area contributed by atoms with Crippen LogP contribution in [0.3, 0.4) is 0 Å². The number of aromatic hydroxyl groups is 3. The van der Waals surface area contributed by atoms with E-state index in [2.05, 4.69) is 4.18 Å². The topological polar surface area (TPSA) is 154 Å². The summed E-state index contributed by atoms with van der Waals surface area (Å²) in [6.45, 7) is 0. The van der Waals surface area contributed by atoms with Crippen molar-refractivity contribution < 1.29 is 42.3 Å². The van der Waals surface area contributed by atoms with Crippen molar-refractivity contribution in [1.29, 1.82) is 0 Å². The van der Waals surface area contributed by atoms with E-state index in [0.717, 1.165) is 12.1 Å². The Labute approximate surface area is 142 Å². The Morgan fingerprint density at radius 3 is 2.40 bits per heavy atom. The molecule has 3 rings (SSSR count). The Kier molecular flexibility index (Phi) is 4.11. The number of phenols is 3. The van der Waals surface area contributed by atoms with Crippen molar-refractivity contribution in [2.45, 2.75) is 18.6 Å². The maximum absolute atomic E-state index is 10.8. The molecule has 10 heteroatoms. The monoisotopic (exact) mass is 370 g/mol. The van der Waals surface area contributed by atoms with Gasteiger partial charge in [-0.2, -0.15) is 8.42 Å². The van der Waals surface area contributed by atoms with Crippen molar-refractivity contribution in [3.63, 3.8) is 0 Å². The Hall–Kier alpha value is -2.69. The lowest BCUT2D eigenvalue weighted by molar-refractivity contribution is 0.0197. The van der Waals surface area contributed by atoms with E-state index in [1.807, 2.05) is 0 Å². The minimum atomic E-state index is -4.78. The van der Waals surface area contributed by atoms with Gasteiger partial charge in [0.2, 0.25) is 0 Å². The van der Waals surface area contributed by atoms with Gasteiger partial charge in [-0.1, -0.05) is 6.07 Å². The Morgan fingerprint density at radius 2 is 1.76 bits per heavy atom. The maximum Gasteiger partial charge on any atom is 0.446 e. The van der Waals surface area contributed by atoms with Crippen LogP contribution in [0.5, 0.6) is 28.7 Å². The van der Waals surface area contributed by atoms with Gasteiger partial charge in [-0.15, -0.1) is 0 Å². The number of ether oxygens (including phenoxy) is 1. The van der Waals surface area contributed by atoms with Crippen LogP contribution in [0.25, 0.3) is 0 Å². The summed E-state index contributed by atoms with van der Waals surface area (Å²) in [7, 11) is -4.78. The third kappa shape index (κ3) is 3.55. The number of aliphatic hydroxyl groups is 1. The van der Waals surface area contributed by atoms with Gasteiger partial charge in [0.1, 0.15) is 17.6 Å². The van der Waals surface area contributed by atoms with Gasteiger partial charge < -0.3 is 29.3 Å². The normalized spacial score (nSPS) is 19.8. The first kappa shape index (κ1) is 17.1. The molecule has 0 spiro atoms. The Balaban J connectivity index is 1.98. The SMILES string of the molecule is O=S(=O)(O)Oc1cc(O)c2c(c1)O[C@H](c1ccc(O)c(O)c1)[C@@H](O)C2. The second-order valence-electron chi connectivity index (χ2n) is 5.49. The summed E-state index contributed by atoms with van der Waals surface area (Å²) in [6, 6.07) is 5.99. The maximum atomic E-state index is 10.8. The Bertz CT molecular complexity index is 923. The molecule has 2 atom stereocenters. The zero-order chi connectivity index (χ0) is 18.4. The van der Waals surface area contributed by atoms with Crippen LogP contribution in [0.15, 0.2) is 30.3 Å². The number of rotatable bonds is 3. The third-order valence-corrected chi connectivity index (χ3v) is 4.11. The molecule has 0 radical (unpaired) electrons. The molecule has 2 aromatic rings. The van der Waals surface area contributed by atoms with Crippen molar-refractivity contribution in [3.8, 4) is 28.7 Å². The highest BCUT2D eigenvalue weighted by atomic mass is 32.3. The van der Waals surface area contributed by atoms with Crippen LogP contribution in [0, 0.1) is 0 Å². The number of hydrogen-bond donors (Lipinski definition) is 5. The van der Waals surface area contributed by atoms with E-state index in [0.29, 0.717) is 5.56 Å². The molecule has 0 unspecified atom stereocenters.